The van der Waals surface area contributed by atoms with Gasteiger partial charge in [-0.1, -0.05) is 0 Å². The smallest absolute Gasteiger partial charge is 0.0545 e. The van der Waals surface area contributed by atoms with E-state index in [-0.39, 0.29) is 6.17 Å². The normalized spacial score (nSPS) is 14.6. The number of hydrogen-bond donors (Lipinski definition) is 1. The van der Waals surface area contributed by atoms with Crippen molar-refractivity contribution >= 4 is 0 Å². The third-order valence-corrected chi connectivity index (χ3v) is 3.99. The summed E-state index contributed by atoms with van der Waals surface area (Å²) < 4.78 is 0. The van der Waals surface area contributed by atoms with Crippen molar-refractivity contribution in [3.05, 3.63) is 0 Å². The van der Waals surface area contributed by atoms with E-state index in [1.54, 1.807) is 0 Å². The minimum atomic E-state index is 0.131. The van der Waals surface area contributed by atoms with Gasteiger partial charge >= 0.3 is 0 Å². The Bertz CT molecular complexity index is 199. The molecule has 0 spiro atoms. The molecule has 4 nitrogen and oxygen atoms in total. The minimum Gasteiger partial charge on any atom is -0.316 e. The number of nitrogens with zero attached hydrogens (tertiary/aromatic N) is 3. The summed E-state index contributed by atoms with van der Waals surface area (Å²) in [5, 5.41) is 0. The first-order valence-corrected chi connectivity index (χ1v) is 8.12. The fourth-order valence-corrected chi connectivity index (χ4v) is 2.73. The molecular formula is C16H38N4. The highest BCUT2D eigenvalue weighted by Crippen LogP contribution is 2.05. The first-order chi connectivity index (χ1) is 9.16. The molecule has 0 aliphatic heterocycles. The Kier molecular flexibility index (Phi) is 9.64. The monoisotopic (exact) mass is 286 g/mol. The largest absolute Gasteiger partial charge is 0.316 e. The van der Waals surface area contributed by atoms with Gasteiger partial charge in [0.1, 0.15) is 0 Å². The van der Waals surface area contributed by atoms with Crippen LogP contribution in [0.5, 0.6) is 0 Å². The van der Waals surface area contributed by atoms with Crippen LogP contribution in [0.15, 0.2) is 0 Å². The number of hydrogen-bond acceptors (Lipinski definition) is 4. The van der Waals surface area contributed by atoms with Gasteiger partial charge in [-0.15, -0.1) is 0 Å². The van der Waals surface area contributed by atoms with E-state index in [1.807, 2.05) is 0 Å². The van der Waals surface area contributed by atoms with E-state index in [2.05, 4.69) is 70.2 Å². The predicted octanol–water partition coefficient (Wildman–Crippen LogP) is 2.05. The molecule has 1 unspecified atom stereocenters. The van der Waals surface area contributed by atoms with Crippen LogP contribution in [-0.2, 0) is 0 Å². The fourth-order valence-electron chi connectivity index (χ4n) is 2.73. The van der Waals surface area contributed by atoms with Gasteiger partial charge in [0.25, 0.3) is 0 Å². The van der Waals surface area contributed by atoms with E-state index in [0.717, 1.165) is 26.2 Å². The van der Waals surface area contributed by atoms with Gasteiger partial charge in [0.15, 0.2) is 0 Å². The number of likely N-dealkylation sites (N-methyl/N-ethyl adjacent to an activating group) is 1. The summed E-state index contributed by atoms with van der Waals surface area (Å²) >= 11 is 0. The van der Waals surface area contributed by atoms with E-state index < -0.39 is 0 Å². The van der Waals surface area contributed by atoms with E-state index in [0.29, 0.717) is 18.1 Å². The second kappa shape index (κ2) is 9.72. The molecule has 0 saturated heterocycles. The van der Waals surface area contributed by atoms with Crippen LogP contribution in [0.4, 0.5) is 0 Å². The minimum absolute atomic E-state index is 0.131. The lowest BCUT2D eigenvalue weighted by atomic mass is 10.2. The summed E-state index contributed by atoms with van der Waals surface area (Å²) in [6.07, 6.45) is 0.131. The number of nitrogens with two attached hydrogens (primary N) is 1. The zero-order chi connectivity index (χ0) is 15.9. The molecule has 0 bridgehead atoms. The maximum absolute atomic E-state index is 6.02. The second-order valence-corrected chi connectivity index (χ2v) is 6.80. The van der Waals surface area contributed by atoms with Crippen molar-refractivity contribution in [3.8, 4) is 0 Å². The van der Waals surface area contributed by atoms with E-state index in [1.165, 1.54) is 0 Å². The van der Waals surface area contributed by atoms with Gasteiger partial charge in [0, 0.05) is 44.3 Å². The molecule has 0 aliphatic rings. The molecule has 0 heterocycles. The third-order valence-electron chi connectivity index (χ3n) is 3.99. The lowest BCUT2D eigenvalue weighted by Gasteiger charge is -2.34. The lowest BCUT2D eigenvalue weighted by molar-refractivity contribution is 0.126. The Balaban J connectivity index is 4.13. The molecule has 0 aromatic rings. The molecule has 2 N–H and O–H groups in total. The van der Waals surface area contributed by atoms with Gasteiger partial charge in [0.05, 0.1) is 6.17 Å². The third kappa shape index (κ3) is 7.58. The molecule has 122 valence electrons. The summed E-state index contributed by atoms with van der Waals surface area (Å²) in [5.74, 6) is 0. The average molecular weight is 287 g/mol. The molecule has 0 aromatic carbocycles. The van der Waals surface area contributed by atoms with E-state index in [4.69, 9.17) is 5.73 Å². The van der Waals surface area contributed by atoms with Crippen molar-refractivity contribution < 1.29 is 0 Å². The van der Waals surface area contributed by atoms with Gasteiger partial charge in [-0.3, -0.25) is 9.80 Å². The average Bonchev–Trinajstić information content (AvgIpc) is 2.27. The van der Waals surface area contributed by atoms with Crippen LogP contribution in [0.25, 0.3) is 0 Å². The zero-order valence-electron chi connectivity index (χ0n) is 15.1. The molecule has 0 aromatic heterocycles. The molecule has 20 heavy (non-hydrogen) atoms. The van der Waals surface area contributed by atoms with Crippen LogP contribution in [0.1, 0.15) is 48.5 Å². The van der Waals surface area contributed by atoms with Gasteiger partial charge in [-0.2, -0.15) is 0 Å². The van der Waals surface area contributed by atoms with Crippen LogP contribution in [-0.4, -0.2) is 72.2 Å². The Hall–Kier alpha value is -0.160. The molecular weight excluding hydrogens is 248 g/mol. The molecule has 0 amide bonds. The van der Waals surface area contributed by atoms with Crippen molar-refractivity contribution in [1.82, 2.24) is 14.7 Å². The van der Waals surface area contributed by atoms with Crippen molar-refractivity contribution in [2.45, 2.75) is 72.8 Å². The maximum atomic E-state index is 6.02. The Morgan fingerprint density at radius 2 is 1.00 bits per heavy atom. The van der Waals surface area contributed by atoms with Crippen molar-refractivity contribution in [2.75, 3.05) is 33.2 Å². The molecule has 0 radical (unpaired) electrons. The summed E-state index contributed by atoms with van der Waals surface area (Å²) in [6, 6.07) is 1.73. The lowest BCUT2D eigenvalue weighted by Crippen LogP contribution is -2.48. The van der Waals surface area contributed by atoms with Gasteiger partial charge < -0.3 is 10.6 Å². The molecule has 1 atom stereocenters. The van der Waals surface area contributed by atoms with E-state index >= 15 is 0 Å². The standard InChI is InChI=1S/C16H38N4/c1-13(2)19(14(3)4)11-9-18(8)10-12-20(15(5)6)16(7)17/h13-16H,9-12,17H2,1-8H3. The first-order valence-electron chi connectivity index (χ1n) is 8.12. The van der Waals surface area contributed by atoms with Crippen LogP contribution in [0, 0.1) is 0 Å². The molecule has 0 fully saturated rings. The highest BCUT2D eigenvalue weighted by molar-refractivity contribution is 4.71. The molecule has 0 aliphatic carbocycles. The second-order valence-electron chi connectivity index (χ2n) is 6.80. The molecule has 0 saturated carbocycles. The SMILES string of the molecule is CC(C)N(CCN(C)CCN(C(C)C)C(C)N)C(C)C. The maximum Gasteiger partial charge on any atom is 0.0545 e. The highest BCUT2D eigenvalue weighted by atomic mass is 15.3. The number of rotatable bonds is 10. The zero-order valence-corrected chi connectivity index (χ0v) is 15.1. The molecule has 0 rings (SSSR count). The van der Waals surface area contributed by atoms with Gasteiger partial charge in [-0.05, 0) is 55.5 Å². The fraction of sp³-hybridized carbons (Fsp3) is 1.00. The quantitative estimate of drug-likeness (QED) is 0.624. The van der Waals surface area contributed by atoms with E-state index in [9.17, 15) is 0 Å². The van der Waals surface area contributed by atoms with Crippen LogP contribution < -0.4 is 5.73 Å². The summed E-state index contributed by atoms with van der Waals surface area (Å²) in [4.78, 5) is 7.30. The van der Waals surface area contributed by atoms with Crippen molar-refractivity contribution in [1.29, 1.82) is 0 Å². The molecule has 4 heteroatoms. The highest BCUT2D eigenvalue weighted by Gasteiger charge is 2.16. The summed E-state index contributed by atoms with van der Waals surface area (Å²) in [7, 11) is 2.21. The summed E-state index contributed by atoms with van der Waals surface area (Å²) in [6.45, 7) is 19.9. The first kappa shape index (κ1) is 19.8. The Labute approximate surface area is 127 Å². The van der Waals surface area contributed by atoms with Gasteiger partial charge in [0.2, 0.25) is 0 Å². The van der Waals surface area contributed by atoms with Crippen molar-refractivity contribution in [2.24, 2.45) is 5.73 Å². The van der Waals surface area contributed by atoms with Crippen LogP contribution in [0.2, 0.25) is 0 Å². The predicted molar refractivity (Wildman–Crippen MR) is 90.0 cm³/mol. The van der Waals surface area contributed by atoms with Crippen LogP contribution >= 0.6 is 0 Å². The topological polar surface area (TPSA) is 35.7 Å². The van der Waals surface area contributed by atoms with Gasteiger partial charge in [-0.25, -0.2) is 0 Å². The van der Waals surface area contributed by atoms with Crippen LogP contribution in [0.3, 0.4) is 0 Å². The Morgan fingerprint density at radius 3 is 1.30 bits per heavy atom. The Morgan fingerprint density at radius 1 is 0.650 bits per heavy atom. The van der Waals surface area contributed by atoms with Crippen molar-refractivity contribution in [3.63, 3.8) is 0 Å². The summed E-state index contributed by atoms with van der Waals surface area (Å²) in [5.41, 5.74) is 6.02.